The number of anilines is 1. The van der Waals surface area contributed by atoms with Crippen molar-refractivity contribution in [3.05, 3.63) is 95.6 Å². The van der Waals surface area contributed by atoms with Crippen LogP contribution in [0, 0.1) is 0 Å². The zero-order chi connectivity index (χ0) is 30.2. The molecule has 0 aromatic heterocycles. The van der Waals surface area contributed by atoms with E-state index in [2.05, 4.69) is 5.32 Å². The second-order valence-electron chi connectivity index (χ2n) is 11.1. The number of methoxy groups -OCH3 is 1. The third-order valence-electron chi connectivity index (χ3n) is 6.58. The number of nitrogens with zero attached hydrogens (tertiary/aromatic N) is 2. The summed E-state index contributed by atoms with van der Waals surface area (Å²) < 4.78 is 32.6. The molecule has 0 aliphatic carbocycles. The summed E-state index contributed by atoms with van der Waals surface area (Å²) in [6.45, 7) is 7.21. The number of hydrogen-bond donors (Lipinski definition) is 1. The summed E-state index contributed by atoms with van der Waals surface area (Å²) in [7, 11) is -2.27. The Hall–Kier alpha value is -3.85. The fourth-order valence-corrected chi connectivity index (χ4v) is 5.50. The monoisotopic (exact) mass is 579 g/mol. The molecule has 0 heterocycles. The molecule has 3 rings (SSSR count). The molecule has 0 bridgehead atoms. The number of aryl methyl sites for hydroxylation is 1. The van der Waals surface area contributed by atoms with Crippen molar-refractivity contribution < 1.29 is 22.7 Å². The van der Waals surface area contributed by atoms with Crippen LogP contribution in [0.4, 0.5) is 5.69 Å². The average Bonchev–Trinajstić information content (AvgIpc) is 2.92. The number of hydrogen-bond acceptors (Lipinski definition) is 5. The summed E-state index contributed by atoms with van der Waals surface area (Å²) in [5.41, 5.74) is 2.33. The van der Waals surface area contributed by atoms with Crippen LogP contribution in [-0.2, 0) is 39.0 Å². The predicted molar refractivity (Wildman–Crippen MR) is 163 cm³/mol. The molecule has 0 radical (unpaired) electrons. The van der Waals surface area contributed by atoms with Crippen molar-refractivity contribution >= 4 is 27.5 Å². The fourth-order valence-electron chi connectivity index (χ4n) is 4.62. The second-order valence-corrected chi connectivity index (χ2v) is 13.0. The number of rotatable bonds is 12. The van der Waals surface area contributed by atoms with Crippen LogP contribution in [0.25, 0.3) is 0 Å². The molecule has 1 unspecified atom stereocenters. The first-order valence-corrected chi connectivity index (χ1v) is 15.5. The smallest absolute Gasteiger partial charge is 0.244 e. The van der Waals surface area contributed by atoms with Gasteiger partial charge in [0, 0.05) is 18.5 Å². The highest BCUT2D eigenvalue weighted by atomic mass is 32.2. The third-order valence-corrected chi connectivity index (χ3v) is 7.70. The van der Waals surface area contributed by atoms with Crippen molar-refractivity contribution in [1.82, 2.24) is 10.2 Å². The topological polar surface area (TPSA) is 96.0 Å². The minimum atomic E-state index is -3.83. The van der Waals surface area contributed by atoms with Crippen molar-refractivity contribution in [2.24, 2.45) is 0 Å². The Morgan fingerprint density at radius 3 is 2.17 bits per heavy atom. The number of amides is 2. The number of sulfonamides is 1. The van der Waals surface area contributed by atoms with Gasteiger partial charge in [-0.05, 0) is 62.1 Å². The molecular formula is C32H41N3O5S. The summed E-state index contributed by atoms with van der Waals surface area (Å²) in [5.74, 6) is -0.199. The van der Waals surface area contributed by atoms with E-state index < -0.39 is 34.1 Å². The van der Waals surface area contributed by atoms with E-state index in [0.717, 1.165) is 27.3 Å². The van der Waals surface area contributed by atoms with Gasteiger partial charge in [0.05, 0.1) is 19.1 Å². The number of carbonyl (C=O) groups is 2. The minimum Gasteiger partial charge on any atom is -0.497 e. The van der Waals surface area contributed by atoms with Crippen LogP contribution in [0.3, 0.4) is 0 Å². The fraction of sp³-hybridized carbons (Fsp3) is 0.375. The van der Waals surface area contributed by atoms with Gasteiger partial charge in [-0.3, -0.25) is 13.9 Å². The van der Waals surface area contributed by atoms with E-state index in [4.69, 9.17) is 4.74 Å². The van der Waals surface area contributed by atoms with Crippen LogP contribution >= 0.6 is 0 Å². The molecule has 220 valence electrons. The first-order chi connectivity index (χ1) is 19.3. The number of nitrogens with one attached hydrogen (secondary N) is 1. The van der Waals surface area contributed by atoms with E-state index in [1.807, 2.05) is 88.4 Å². The number of ether oxygens (including phenoxy) is 1. The molecule has 0 spiro atoms. The quantitative estimate of drug-likeness (QED) is 0.339. The van der Waals surface area contributed by atoms with E-state index in [1.54, 1.807) is 25.3 Å². The van der Waals surface area contributed by atoms with Crippen LogP contribution in [0.2, 0.25) is 0 Å². The molecule has 3 aromatic rings. The SMILES string of the molecule is CCc1ccccc1N(CC(=O)N(Cc1cccc(OC)c1)C(Cc1ccccc1)C(=O)NC(C)(C)C)S(C)(=O)=O. The lowest BCUT2D eigenvalue weighted by atomic mass is 10.0. The number of benzene rings is 3. The lowest BCUT2D eigenvalue weighted by Crippen LogP contribution is -2.56. The largest absolute Gasteiger partial charge is 0.497 e. The minimum absolute atomic E-state index is 0.0815. The zero-order valence-electron chi connectivity index (χ0n) is 24.8. The van der Waals surface area contributed by atoms with E-state index in [0.29, 0.717) is 17.9 Å². The van der Waals surface area contributed by atoms with E-state index in [1.165, 1.54) is 4.90 Å². The summed E-state index contributed by atoms with van der Waals surface area (Å²) in [6.07, 6.45) is 1.93. The Morgan fingerprint density at radius 1 is 0.927 bits per heavy atom. The molecule has 0 saturated heterocycles. The summed E-state index contributed by atoms with van der Waals surface area (Å²) in [5, 5.41) is 3.03. The van der Waals surface area contributed by atoms with Gasteiger partial charge in [-0.25, -0.2) is 8.42 Å². The standard InChI is InChI=1S/C32H41N3O5S/c1-7-26-17-11-12-19-28(26)35(41(6,38)39)23-30(36)34(22-25-16-13-18-27(20-25)40-5)29(31(37)33-32(2,3)4)21-24-14-9-8-10-15-24/h8-20,29H,7,21-23H2,1-6H3,(H,33,37). The lowest BCUT2D eigenvalue weighted by Gasteiger charge is -2.35. The van der Waals surface area contributed by atoms with Gasteiger partial charge in [0.1, 0.15) is 18.3 Å². The highest BCUT2D eigenvalue weighted by Crippen LogP contribution is 2.25. The van der Waals surface area contributed by atoms with Gasteiger partial charge in [-0.15, -0.1) is 0 Å². The Morgan fingerprint density at radius 2 is 1.56 bits per heavy atom. The molecule has 9 heteroatoms. The molecule has 0 saturated carbocycles. The molecule has 0 aliphatic rings. The van der Waals surface area contributed by atoms with Gasteiger partial charge in [0.25, 0.3) is 0 Å². The molecule has 3 aromatic carbocycles. The maximum absolute atomic E-state index is 14.2. The Labute approximate surface area is 244 Å². The van der Waals surface area contributed by atoms with Gasteiger partial charge in [0.2, 0.25) is 21.8 Å². The van der Waals surface area contributed by atoms with Crippen molar-refractivity contribution in [3.8, 4) is 5.75 Å². The van der Waals surface area contributed by atoms with E-state index in [9.17, 15) is 18.0 Å². The summed E-state index contributed by atoms with van der Waals surface area (Å²) in [6, 6.07) is 23.0. The Balaban J connectivity index is 2.11. The van der Waals surface area contributed by atoms with E-state index in [-0.39, 0.29) is 18.9 Å². The number of carbonyl (C=O) groups excluding carboxylic acids is 2. The summed E-state index contributed by atoms with van der Waals surface area (Å²) in [4.78, 5) is 29.5. The van der Waals surface area contributed by atoms with Crippen LogP contribution in [0.1, 0.15) is 44.4 Å². The molecule has 1 atom stereocenters. The average molecular weight is 580 g/mol. The normalized spacial score (nSPS) is 12.3. The Kier molecular flexibility index (Phi) is 10.6. The van der Waals surface area contributed by atoms with Crippen molar-refractivity contribution in [3.63, 3.8) is 0 Å². The van der Waals surface area contributed by atoms with Crippen LogP contribution in [0.15, 0.2) is 78.9 Å². The predicted octanol–water partition coefficient (Wildman–Crippen LogP) is 4.58. The zero-order valence-corrected chi connectivity index (χ0v) is 25.6. The molecule has 2 amide bonds. The Bertz CT molecular complexity index is 1430. The second kappa shape index (κ2) is 13.7. The van der Waals surface area contributed by atoms with Crippen molar-refractivity contribution in [2.75, 3.05) is 24.2 Å². The molecular weight excluding hydrogens is 538 g/mol. The first kappa shape index (κ1) is 31.7. The van der Waals surface area contributed by atoms with E-state index >= 15 is 0 Å². The number of para-hydroxylation sites is 1. The molecule has 41 heavy (non-hydrogen) atoms. The van der Waals surface area contributed by atoms with Gasteiger partial charge in [0.15, 0.2) is 0 Å². The molecule has 1 N–H and O–H groups in total. The van der Waals surface area contributed by atoms with Crippen molar-refractivity contribution in [1.29, 1.82) is 0 Å². The van der Waals surface area contributed by atoms with Gasteiger partial charge >= 0.3 is 0 Å². The van der Waals surface area contributed by atoms with Crippen molar-refractivity contribution in [2.45, 2.75) is 58.7 Å². The van der Waals surface area contributed by atoms with Crippen LogP contribution in [-0.4, -0.2) is 56.6 Å². The van der Waals surface area contributed by atoms with Gasteiger partial charge in [-0.2, -0.15) is 0 Å². The van der Waals surface area contributed by atoms with Gasteiger partial charge in [-0.1, -0.05) is 67.6 Å². The third kappa shape index (κ3) is 9.08. The van der Waals surface area contributed by atoms with Crippen LogP contribution < -0.4 is 14.4 Å². The maximum atomic E-state index is 14.2. The summed E-state index contributed by atoms with van der Waals surface area (Å²) >= 11 is 0. The lowest BCUT2D eigenvalue weighted by molar-refractivity contribution is -0.140. The van der Waals surface area contributed by atoms with Crippen LogP contribution in [0.5, 0.6) is 5.75 Å². The highest BCUT2D eigenvalue weighted by molar-refractivity contribution is 7.92. The maximum Gasteiger partial charge on any atom is 0.244 e. The molecule has 0 fully saturated rings. The first-order valence-electron chi connectivity index (χ1n) is 13.7. The highest BCUT2D eigenvalue weighted by Gasteiger charge is 2.34. The molecule has 8 nitrogen and oxygen atoms in total. The molecule has 0 aliphatic heterocycles. The van der Waals surface area contributed by atoms with Gasteiger partial charge < -0.3 is 15.0 Å².